The molecule has 1 aromatic carbocycles. The van der Waals surface area contributed by atoms with Crippen LogP contribution in [0.5, 0.6) is 0 Å². The Morgan fingerprint density at radius 3 is 2.71 bits per heavy atom. The van der Waals surface area contributed by atoms with E-state index in [1.54, 1.807) is 6.92 Å². The second kappa shape index (κ2) is 7.66. The zero-order valence-electron chi connectivity index (χ0n) is 9.39. The molecule has 1 rings (SSSR count). The number of carbonyl (C=O) groups excluding carboxylic acids is 1. The standard InChI is InChI=1S/C11H15BrN2O2.ClH/c1-7(13)11(16)14-10(6-15)8-3-2-4-9(12)5-8;/h2-5,7,10,15H,6,13H2,1H3,(H,14,16);1H. The Morgan fingerprint density at radius 1 is 1.59 bits per heavy atom. The van der Waals surface area contributed by atoms with Gasteiger partial charge in [0.25, 0.3) is 0 Å². The summed E-state index contributed by atoms with van der Waals surface area (Å²) < 4.78 is 0.901. The first-order chi connectivity index (χ1) is 7.54. The van der Waals surface area contributed by atoms with E-state index in [4.69, 9.17) is 5.73 Å². The van der Waals surface area contributed by atoms with Gasteiger partial charge in [-0.3, -0.25) is 4.79 Å². The van der Waals surface area contributed by atoms with Gasteiger partial charge in [0.1, 0.15) is 0 Å². The number of hydrogen-bond acceptors (Lipinski definition) is 3. The highest BCUT2D eigenvalue weighted by molar-refractivity contribution is 9.10. The molecule has 0 saturated carbocycles. The molecule has 0 aromatic heterocycles. The van der Waals surface area contributed by atoms with E-state index in [2.05, 4.69) is 21.2 Å². The van der Waals surface area contributed by atoms with E-state index in [0.717, 1.165) is 10.0 Å². The van der Waals surface area contributed by atoms with Crippen molar-refractivity contribution in [3.63, 3.8) is 0 Å². The lowest BCUT2D eigenvalue weighted by molar-refractivity contribution is -0.123. The zero-order chi connectivity index (χ0) is 12.1. The molecule has 6 heteroatoms. The van der Waals surface area contributed by atoms with E-state index in [-0.39, 0.29) is 24.9 Å². The number of nitrogens with one attached hydrogen (secondary N) is 1. The van der Waals surface area contributed by atoms with E-state index in [9.17, 15) is 9.90 Å². The van der Waals surface area contributed by atoms with Crippen molar-refractivity contribution in [2.75, 3.05) is 6.61 Å². The van der Waals surface area contributed by atoms with Gasteiger partial charge in [-0.15, -0.1) is 12.4 Å². The van der Waals surface area contributed by atoms with Crippen LogP contribution in [0.3, 0.4) is 0 Å². The minimum Gasteiger partial charge on any atom is -0.394 e. The lowest BCUT2D eigenvalue weighted by Gasteiger charge is -2.18. The lowest BCUT2D eigenvalue weighted by Crippen LogP contribution is -2.41. The first-order valence-electron chi connectivity index (χ1n) is 4.97. The van der Waals surface area contributed by atoms with Crippen molar-refractivity contribution in [1.29, 1.82) is 0 Å². The fourth-order valence-electron chi connectivity index (χ4n) is 1.26. The van der Waals surface area contributed by atoms with Crippen LogP contribution in [0.2, 0.25) is 0 Å². The minimum absolute atomic E-state index is 0. The summed E-state index contributed by atoms with van der Waals surface area (Å²) in [6.45, 7) is 1.44. The van der Waals surface area contributed by atoms with Gasteiger partial charge >= 0.3 is 0 Å². The molecule has 0 fully saturated rings. The van der Waals surface area contributed by atoms with E-state index in [1.165, 1.54) is 0 Å². The van der Waals surface area contributed by atoms with E-state index in [1.807, 2.05) is 24.3 Å². The van der Waals surface area contributed by atoms with Crippen molar-refractivity contribution >= 4 is 34.2 Å². The Balaban J connectivity index is 0.00000256. The van der Waals surface area contributed by atoms with Gasteiger partial charge in [0.15, 0.2) is 0 Å². The molecule has 1 amide bonds. The maximum atomic E-state index is 11.4. The van der Waals surface area contributed by atoms with Crippen LogP contribution in [0.4, 0.5) is 0 Å². The molecule has 96 valence electrons. The first-order valence-corrected chi connectivity index (χ1v) is 5.76. The number of hydrogen-bond donors (Lipinski definition) is 3. The van der Waals surface area contributed by atoms with Gasteiger partial charge in [-0.1, -0.05) is 28.1 Å². The first kappa shape index (κ1) is 16.4. The van der Waals surface area contributed by atoms with Crippen LogP contribution in [-0.2, 0) is 4.79 Å². The topological polar surface area (TPSA) is 75.4 Å². The molecular formula is C11H16BrClN2O2. The molecule has 2 unspecified atom stereocenters. The number of aliphatic hydroxyl groups is 1. The normalized spacial score (nSPS) is 13.4. The number of amides is 1. The molecule has 0 radical (unpaired) electrons. The Bertz CT molecular complexity index is 374. The van der Waals surface area contributed by atoms with Gasteiger partial charge in [0.2, 0.25) is 5.91 Å². The number of carbonyl (C=O) groups is 1. The average Bonchev–Trinajstić information content (AvgIpc) is 2.25. The van der Waals surface area contributed by atoms with Crippen molar-refractivity contribution in [3.05, 3.63) is 34.3 Å². The van der Waals surface area contributed by atoms with Gasteiger partial charge in [-0.25, -0.2) is 0 Å². The highest BCUT2D eigenvalue weighted by Gasteiger charge is 2.15. The maximum Gasteiger partial charge on any atom is 0.237 e. The number of benzene rings is 1. The van der Waals surface area contributed by atoms with Crippen LogP contribution >= 0.6 is 28.3 Å². The summed E-state index contributed by atoms with van der Waals surface area (Å²) in [7, 11) is 0. The fraction of sp³-hybridized carbons (Fsp3) is 0.364. The second-order valence-corrected chi connectivity index (χ2v) is 4.50. The Hall–Kier alpha value is -0.620. The number of rotatable bonds is 4. The molecule has 0 aliphatic rings. The quantitative estimate of drug-likeness (QED) is 0.783. The van der Waals surface area contributed by atoms with Gasteiger partial charge in [-0.2, -0.15) is 0 Å². The average molecular weight is 324 g/mol. The second-order valence-electron chi connectivity index (χ2n) is 3.59. The molecule has 4 nitrogen and oxygen atoms in total. The van der Waals surface area contributed by atoms with E-state index >= 15 is 0 Å². The Labute approximate surface area is 115 Å². The molecular weight excluding hydrogens is 307 g/mol. The molecule has 1 aromatic rings. The Morgan fingerprint density at radius 2 is 2.24 bits per heavy atom. The molecule has 0 bridgehead atoms. The largest absolute Gasteiger partial charge is 0.394 e. The van der Waals surface area contributed by atoms with E-state index < -0.39 is 12.1 Å². The molecule has 0 spiro atoms. The van der Waals surface area contributed by atoms with Gasteiger partial charge in [0.05, 0.1) is 18.7 Å². The van der Waals surface area contributed by atoms with Gasteiger partial charge in [0, 0.05) is 4.47 Å². The third kappa shape index (κ3) is 5.04. The van der Waals surface area contributed by atoms with Gasteiger partial charge < -0.3 is 16.2 Å². The van der Waals surface area contributed by atoms with Crippen LogP contribution in [-0.4, -0.2) is 23.7 Å². The van der Waals surface area contributed by atoms with Crippen LogP contribution < -0.4 is 11.1 Å². The monoisotopic (exact) mass is 322 g/mol. The van der Waals surface area contributed by atoms with Crippen LogP contribution in [0.1, 0.15) is 18.5 Å². The SMILES string of the molecule is CC(N)C(=O)NC(CO)c1cccc(Br)c1.Cl. The summed E-state index contributed by atoms with van der Waals surface area (Å²) in [6, 6.07) is 6.41. The van der Waals surface area contributed by atoms with Crippen LogP contribution in [0.15, 0.2) is 28.7 Å². The van der Waals surface area contributed by atoms with Gasteiger partial charge in [-0.05, 0) is 24.6 Å². The molecule has 0 heterocycles. The number of nitrogens with two attached hydrogens (primary N) is 1. The van der Waals surface area contributed by atoms with Crippen molar-refractivity contribution in [3.8, 4) is 0 Å². The van der Waals surface area contributed by atoms with Crippen molar-refractivity contribution in [2.24, 2.45) is 5.73 Å². The summed E-state index contributed by atoms with van der Waals surface area (Å²) in [5.74, 6) is -0.279. The third-order valence-corrected chi connectivity index (χ3v) is 2.66. The minimum atomic E-state index is -0.582. The van der Waals surface area contributed by atoms with Crippen LogP contribution in [0, 0.1) is 0 Å². The number of halogens is 2. The highest BCUT2D eigenvalue weighted by atomic mass is 79.9. The molecule has 0 aliphatic heterocycles. The Kier molecular flexibility index (Phi) is 7.38. The summed E-state index contributed by atoms with van der Waals surface area (Å²) in [5, 5.41) is 11.9. The van der Waals surface area contributed by atoms with Crippen molar-refractivity contribution in [2.45, 2.75) is 19.0 Å². The predicted octanol–water partition coefficient (Wildman–Crippen LogP) is 1.37. The summed E-state index contributed by atoms with van der Waals surface area (Å²) in [4.78, 5) is 11.4. The van der Waals surface area contributed by atoms with Crippen molar-refractivity contribution in [1.82, 2.24) is 5.32 Å². The predicted molar refractivity (Wildman–Crippen MR) is 73.0 cm³/mol. The number of aliphatic hydroxyl groups excluding tert-OH is 1. The summed E-state index contributed by atoms with van der Waals surface area (Å²) in [5.41, 5.74) is 6.28. The fourth-order valence-corrected chi connectivity index (χ4v) is 1.68. The molecule has 2 atom stereocenters. The molecule has 0 saturated heterocycles. The maximum absolute atomic E-state index is 11.4. The van der Waals surface area contributed by atoms with Crippen LogP contribution in [0.25, 0.3) is 0 Å². The third-order valence-electron chi connectivity index (χ3n) is 2.16. The highest BCUT2D eigenvalue weighted by Crippen LogP contribution is 2.17. The lowest BCUT2D eigenvalue weighted by atomic mass is 10.1. The summed E-state index contributed by atoms with van der Waals surface area (Å²) in [6.07, 6.45) is 0. The van der Waals surface area contributed by atoms with E-state index in [0.29, 0.717) is 0 Å². The molecule has 17 heavy (non-hydrogen) atoms. The van der Waals surface area contributed by atoms with Crippen molar-refractivity contribution < 1.29 is 9.90 Å². The smallest absolute Gasteiger partial charge is 0.237 e. The zero-order valence-corrected chi connectivity index (χ0v) is 11.8. The molecule has 4 N–H and O–H groups in total. The summed E-state index contributed by atoms with van der Waals surface area (Å²) >= 11 is 3.34. The molecule has 0 aliphatic carbocycles.